The summed E-state index contributed by atoms with van der Waals surface area (Å²) in [5.74, 6) is 2.86. The van der Waals surface area contributed by atoms with Gasteiger partial charge in [-0.15, -0.1) is 0 Å². The number of amides is 1. The fourth-order valence-electron chi connectivity index (χ4n) is 4.45. The molecule has 2 aromatic carbocycles. The van der Waals surface area contributed by atoms with Crippen molar-refractivity contribution >= 4 is 17.8 Å². The molecule has 1 amide bonds. The Morgan fingerprint density at radius 3 is 2.67 bits per heavy atom. The highest BCUT2D eigenvalue weighted by molar-refractivity contribution is 6.14. The Kier molecular flexibility index (Phi) is 5.82. The number of allylic oxidation sites excluding steroid dienone is 1. The Hall–Kier alpha value is -4.24. The van der Waals surface area contributed by atoms with E-state index in [-0.39, 0.29) is 30.8 Å². The molecule has 0 unspecified atom stereocenters. The van der Waals surface area contributed by atoms with Crippen molar-refractivity contribution in [2.75, 3.05) is 39.6 Å². The van der Waals surface area contributed by atoms with Crippen molar-refractivity contribution in [2.45, 2.75) is 6.54 Å². The highest BCUT2D eigenvalue weighted by Gasteiger charge is 2.28. The zero-order valence-corrected chi connectivity index (χ0v) is 19.5. The van der Waals surface area contributed by atoms with Gasteiger partial charge in [0.05, 0.1) is 11.8 Å². The number of ketones is 1. The van der Waals surface area contributed by atoms with Gasteiger partial charge in [0.2, 0.25) is 12.6 Å². The number of furan rings is 1. The third-order valence-electron chi connectivity index (χ3n) is 6.39. The number of Topliss-reactive ketones (excluding diaryl/α,β-unsaturated/α-hetero) is 1. The second kappa shape index (κ2) is 9.43. The Labute approximate surface area is 207 Å². The number of hydrogen-bond donors (Lipinski definition) is 0. The van der Waals surface area contributed by atoms with Gasteiger partial charge >= 0.3 is 0 Å². The monoisotopic (exact) mass is 488 g/mol. The molecule has 0 saturated carbocycles. The van der Waals surface area contributed by atoms with Crippen LogP contribution in [-0.2, 0) is 11.3 Å². The summed E-state index contributed by atoms with van der Waals surface area (Å²) < 4.78 is 27.5. The smallest absolute Gasteiger partial charge is 0.260 e. The third-order valence-corrected chi connectivity index (χ3v) is 6.39. The lowest BCUT2D eigenvalue weighted by Crippen LogP contribution is -2.49. The van der Waals surface area contributed by atoms with Crippen LogP contribution >= 0.6 is 0 Å². The quantitative estimate of drug-likeness (QED) is 0.488. The number of carbonyl (C=O) groups excluding carboxylic acids is 2. The summed E-state index contributed by atoms with van der Waals surface area (Å²) in [6.45, 7) is 3.80. The van der Waals surface area contributed by atoms with Gasteiger partial charge in [0.1, 0.15) is 17.3 Å². The fraction of sp³-hybridized carbons (Fsp3) is 0.259. The van der Waals surface area contributed by atoms with Crippen molar-refractivity contribution in [3.63, 3.8) is 0 Å². The molecule has 3 aliphatic rings. The average molecular weight is 488 g/mol. The number of fused-ring (bicyclic) bond motifs is 2. The molecule has 0 N–H and O–H groups in total. The summed E-state index contributed by atoms with van der Waals surface area (Å²) in [5, 5.41) is 0. The zero-order valence-electron chi connectivity index (χ0n) is 19.5. The molecule has 3 aliphatic heterocycles. The number of rotatable bonds is 6. The Bertz CT molecular complexity index is 1320. The molecule has 36 heavy (non-hydrogen) atoms. The summed E-state index contributed by atoms with van der Waals surface area (Å²) in [6, 6.07) is 14.4. The van der Waals surface area contributed by atoms with Crippen molar-refractivity contribution < 1.29 is 33.0 Å². The van der Waals surface area contributed by atoms with Crippen molar-refractivity contribution in [2.24, 2.45) is 0 Å². The first-order chi connectivity index (χ1) is 17.6. The lowest BCUT2D eigenvalue weighted by Gasteiger charge is -2.34. The fourth-order valence-corrected chi connectivity index (χ4v) is 4.45. The molecule has 9 nitrogen and oxygen atoms in total. The van der Waals surface area contributed by atoms with Crippen molar-refractivity contribution in [3.8, 4) is 23.0 Å². The minimum Gasteiger partial charge on any atom is -0.484 e. The molecule has 1 saturated heterocycles. The molecule has 0 bridgehead atoms. The first-order valence-corrected chi connectivity index (χ1v) is 11.8. The molecular weight excluding hydrogens is 464 g/mol. The Morgan fingerprint density at radius 1 is 0.972 bits per heavy atom. The number of carbonyl (C=O) groups is 2. The van der Waals surface area contributed by atoms with E-state index in [2.05, 4.69) is 4.90 Å². The maximum absolute atomic E-state index is 12.7. The van der Waals surface area contributed by atoms with Gasteiger partial charge in [-0.1, -0.05) is 6.07 Å². The van der Waals surface area contributed by atoms with E-state index >= 15 is 0 Å². The molecule has 184 valence electrons. The van der Waals surface area contributed by atoms with Crippen LogP contribution in [0.4, 0.5) is 0 Å². The van der Waals surface area contributed by atoms with Crippen molar-refractivity contribution in [1.82, 2.24) is 9.80 Å². The molecule has 4 heterocycles. The lowest BCUT2D eigenvalue weighted by atomic mass is 10.1. The molecule has 0 spiro atoms. The van der Waals surface area contributed by atoms with Crippen LogP contribution in [0.15, 0.2) is 65.0 Å². The second-order valence-electron chi connectivity index (χ2n) is 8.75. The van der Waals surface area contributed by atoms with Gasteiger partial charge in [-0.05, 0) is 42.0 Å². The van der Waals surface area contributed by atoms with Crippen LogP contribution < -0.4 is 18.9 Å². The lowest BCUT2D eigenvalue weighted by molar-refractivity contribution is -0.135. The van der Waals surface area contributed by atoms with Crippen LogP contribution in [0.25, 0.3) is 6.08 Å². The van der Waals surface area contributed by atoms with Gasteiger partial charge in [0, 0.05) is 44.9 Å². The standard InChI is InChI=1S/C27H24N2O7/c30-26(29-9-7-28(8-10-29)15-18-3-6-22-24(12-18)35-17-34-22)16-33-20-4-5-21-23(13-20)36-25(27(21)31)14-19-2-1-11-32-19/h1-6,11-14H,7-10,15-17H2. The molecule has 0 atom stereocenters. The van der Waals surface area contributed by atoms with E-state index in [9.17, 15) is 9.59 Å². The summed E-state index contributed by atoms with van der Waals surface area (Å²) in [7, 11) is 0. The van der Waals surface area contributed by atoms with Crippen LogP contribution in [0.3, 0.4) is 0 Å². The van der Waals surface area contributed by atoms with Gasteiger partial charge in [0.25, 0.3) is 5.91 Å². The van der Waals surface area contributed by atoms with E-state index in [0.717, 1.165) is 36.7 Å². The van der Waals surface area contributed by atoms with E-state index in [0.29, 0.717) is 35.9 Å². The molecule has 0 radical (unpaired) electrons. The van der Waals surface area contributed by atoms with Crippen LogP contribution in [0, 0.1) is 0 Å². The number of nitrogens with zero attached hydrogens (tertiary/aromatic N) is 2. The van der Waals surface area contributed by atoms with Gasteiger partial charge in [0.15, 0.2) is 23.9 Å². The van der Waals surface area contributed by atoms with Crippen LogP contribution in [0.1, 0.15) is 21.7 Å². The Morgan fingerprint density at radius 2 is 1.83 bits per heavy atom. The van der Waals surface area contributed by atoms with E-state index in [1.807, 2.05) is 23.1 Å². The molecule has 1 aromatic heterocycles. The SMILES string of the molecule is O=C1C(=Cc2ccco2)Oc2cc(OCC(=O)N3CCN(Cc4ccc5c(c4)OCO5)CC3)ccc21. The topological polar surface area (TPSA) is 90.7 Å². The van der Waals surface area contributed by atoms with Gasteiger partial charge in [-0.2, -0.15) is 0 Å². The predicted octanol–water partition coefficient (Wildman–Crippen LogP) is 3.35. The van der Waals surface area contributed by atoms with Gasteiger partial charge < -0.3 is 28.3 Å². The number of hydrogen-bond acceptors (Lipinski definition) is 8. The van der Waals surface area contributed by atoms with Crippen LogP contribution in [0.2, 0.25) is 0 Å². The van der Waals surface area contributed by atoms with Crippen molar-refractivity contribution in [1.29, 1.82) is 0 Å². The normalized spacial score (nSPS) is 17.8. The number of ether oxygens (including phenoxy) is 4. The van der Waals surface area contributed by atoms with Gasteiger partial charge in [-0.3, -0.25) is 14.5 Å². The number of piperazine rings is 1. The summed E-state index contributed by atoms with van der Waals surface area (Å²) >= 11 is 0. The highest BCUT2D eigenvalue weighted by Crippen LogP contribution is 2.35. The first-order valence-electron chi connectivity index (χ1n) is 11.8. The summed E-state index contributed by atoms with van der Waals surface area (Å²) in [4.78, 5) is 29.4. The first kappa shape index (κ1) is 22.2. The largest absolute Gasteiger partial charge is 0.484 e. The molecular formula is C27H24N2O7. The minimum absolute atomic E-state index is 0.0753. The second-order valence-corrected chi connectivity index (χ2v) is 8.75. The van der Waals surface area contributed by atoms with Crippen LogP contribution in [0.5, 0.6) is 23.0 Å². The summed E-state index contributed by atoms with van der Waals surface area (Å²) in [6.07, 6.45) is 3.08. The average Bonchev–Trinajstić information content (AvgIpc) is 3.64. The molecule has 6 rings (SSSR count). The molecule has 1 fully saturated rings. The summed E-state index contributed by atoms with van der Waals surface area (Å²) in [5.41, 5.74) is 1.60. The van der Waals surface area contributed by atoms with Gasteiger partial charge in [-0.25, -0.2) is 0 Å². The van der Waals surface area contributed by atoms with E-state index < -0.39 is 0 Å². The van der Waals surface area contributed by atoms with E-state index in [1.54, 1.807) is 36.4 Å². The Balaban J connectivity index is 0.998. The molecule has 0 aliphatic carbocycles. The number of benzene rings is 2. The maximum Gasteiger partial charge on any atom is 0.260 e. The molecule has 9 heteroatoms. The van der Waals surface area contributed by atoms with Crippen molar-refractivity contribution in [3.05, 3.63) is 77.4 Å². The maximum atomic E-state index is 12.7. The van der Waals surface area contributed by atoms with E-state index in [1.165, 1.54) is 6.26 Å². The molecule has 3 aromatic rings. The highest BCUT2D eigenvalue weighted by atomic mass is 16.7. The zero-order chi connectivity index (χ0) is 24.5. The van der Waals surface area contributed by atoms with E-state index in [4.69, 9.17) is 23.4 Å². The predicted molar refractivity (Wildman–Crippen MR) is 128 cm³/mol. The third kappa shape index (κ3) is 4.52. The minimum atomic E-state index is -0.220. The van der Waals surface area contributed by atoms with Crippen LogP contribution in [-0.4, -0.2) is 61.1 Å².